The van der Waals surface area contributed by atoms with Gasteiger partial charge in [-0.1, -0.05) is 187 Å². The maximum Gasteiger partial charge on any atom is 0.306 e. The van der Waals surface area contributed by atoms with E-state index in [4.69, 9.17) is 9.84 Å². The van der Waals surface area contributed by atoms with Crippen LogP contribution in [0.1, 0.15) is 251 Å². The number of hydrogen-bond acceptors (Lipinski definition) is 3. The first-order valence-electron chi connectivity index (χ1n) is 21.7. The molecule has 1 unspecified atom stereocenters. The largest absolute Gasteiger partial charge is 0.481 e. The number of unbranched alkanes of at least 4 members (excludes halogenated alkanes) is 29. The highest BCUT2D eigenvalue weighted by Crippen LogP contribution is 2.19. The molecule has 284 valence electrons. The highest BCUT2D eigenvalue weighted by molar-refractivity contribution is 5.69. The summed E-state index contributed by atoms with van der Waals surface area (Å²) in [5.74, 6) is -0.661. The Morgan fingerprint density at radius 2 is 0.750 bits per heavy atom. The summed E-state index contributed by atoms with van der Waals surface area (Å²) < 4.78 is 6.05. The van der Waals surface area contributed by atoms with E-state index in [0.29, 0.717) is 12.8 Å². The molecule has 1 N–H and O–H groups in total. The Bertz CT molecular complexity index is 687. The standard InChI is InChI=1S/C44H84O4/c1-3-5-7-9-11-13-15-16-17-18-19-20-22-24-29-33-37-41-44(47)48-42(39-35-31-27-25-28-32-36-40-43(45)46)38-34-30-26-23-21-14-12-10-8-6-4-2/h16-17,42H,3-15,18-41H2,1-2H3,(H,45,46)/b17-16-. The molecule has 0 aliphatic rings. The third kappa shape index (κ3) is 39.1. The van der Waals surface area contributed by atoms with Crippen molar-refractivity contribution in [3.8, 4) is 0 Å². The third-order valence-corrected chi connectivity index (χ3v) is 9.99. The Morgan fingerprint density at radius 1 is 0.438 bits per heavy atom. The molecule has 0 aliphatic heterocycles. The van der Waals surface area contributed by atoms with Crippen LogP contribution in [0.25, 0.3) is 0 Å². The molecule has 0 bridgehead atoms. The van der Waals surface area contributed by atoms with Crippen LogP contribution in [-0.4, -0.2) is 23.1 Å². The average molecular weight is 677 g/mol. The smallest absolute Gasteiger partial charge is 0.306 e. The molecule has 0 spiro atoms. The van der Waals surface area contributed by atoms with Crippen LogP contribution in [-0.2, 0) is 14.3 Å². The fourth-order valence-corrected chi connectivity index (χ4v) is 6.77. The quantitative estimate of drug-likeness (QED) is 0.0398. The van der Waals surface area contributed by atoms with Crippen molar-refractivity contribution in [2.75, 3.05) is 0 Å². The second-order valence-corrected chi connectivity index (χ2v) is 14.9. The summed E-state index contributed by atoms with van der Waals surface area (Å²) >= 11 is 0. The predicted octanol–water partition coefficient (Wildman–Crippen LogP) is 15.0. The molecule has 0 saturated carbocycles. The summed E-state index contributed by atoms with van der Waals surface area (Å²) in [5, 5.41) is 8.78. The van der Waals surface area contributed by atoms with Crippen molar-refractivity contribution >= 4 is 11.9 Å². The lowest BCUT2D eigenvalue weighted by Crippen LogP contribution is -2.18. The van der Waals surface area contributed by atoms with Gasteiger partial charge in [0.15, 0.2) is 0 Å². The molecule has 0 aliphatic carbocycles. The molecule has 0 aromatic rings. The lowest BCUT2D eigenvalue weighted by Gasteiger charge is -2.18. The minimum Gasteiger partial charge on any atom is -0.481 e. The maximum atomic E-state index is 12.7. The lowest BCUT2D eigenvalue weighted by molar-refractivity contribution is -0.150. The van der Waals surface area contributed by atoms with E-state index in [1.807, 2.05) is 0 Å². The third-order valence-electron chi connectivity index (χ3n) is 9.99. The molecule has 0 amide bonds. The van der Waals surface area contributed by atoms with Crippen molar-refractivity contribution in [1.82, 2.24) is 0 Å². The van der Waals surface area contributed by atoms with E-state index in [9.17, 15) is 9.59 Å². The minimum atomic E-state index is -0.684. The first-order valence-corrected chi connectivity index (χ1v) is 21.7. The zero-order valence-corrected chi connectivity index (χ0v) is 32.6. The Morgan fingerprint density at radius 3 is 1.12 bits per heavy atom. The zero-order chi connectivity index (χ0) is 35.0. The van der Waals surface area contributed by atoms with Gasteiger partial charge in [-0.15, -0.1) is 0 Å². The molecule has 48 heavy (non-hydrogen) atoms. The van der Waals surface area contributed by atoms with Crippen molar-refractivity contribution in [2.24, 2.45) is 0 Å². The van der Waals surface area contributed by atoms with Gasteiger partial charge in [0.2, 0.25) is 0 Å². The van der Waals surface area contributed by atoms with Gasteiger partial charge < -0.3 is 9.84 Å². The van der Waals surface area contributed by atoms with E-state index in [1.54, 1.807) is 0 Å². The minimum absolute atomic E-state index is 0.0225. The van der Waals surface area contributed by atoms with Gasteiger partial charge in [0.05, 0.1) is 0 Å². The molecular formula is C44H84O4. The van der Waals surface area contributed by atoms with E-state index in [2.05, 4.69) is 26.0 Å². The fraction of sp³-hybridized carbons (Fsp3) is 0.909. The van der Waals surface area contributed by atoms with E-state index in [1.165, 1.54) is 173 Å². The molecule has 4 nitrogen and oxygen atoms in total. The van der Waals surface area contributed by atoms with Crippen molar-refractivity contribution < 1.29 is 19.4 Å². The van der Waals surface area contributed by atoms with Crippen molar-refractivity contribution in [2.45, 2.75) is 258 Å². The molecule has 0 rings (SSSR count). The molecule has 0 aromatic heterocycles. The van der Waals surface area contributed by atoms with Gasteiger partial charge in [-0.2, -0.15) is 0 Å². The van der Waals surface area contributed by atoms with Crippen molar-refractivity contribution in [3.63, 3.8) is 0 Å². The summed E-state index contributed by atoms with van der Waals surface area (Å²) in [6.45, 7) is 4.56. The first kappa shape index (κ1) is 46.7. The second kappa shape index (κ2) is 40.1. The van der Waals surface area contributed by atoms with E-state index < -0.39 is 5.97 Å². The number of carbonyl (C=O) groups excluding carboxylic acids is 1. The highest BCUT2D eigenvalue weighted by Gasteiger charge is 2.14. The summed E-state index contributed by atoms with van der Waals surface area (Å²) in [5.41, 5.74) is 0. The molecule has 0 aromatic carbocycles. The number of carboxylic acids is 1. The Balaban J connectivity index is 4.01. The van der Waals surface area contributed by atoms with Crippen LogP contribution < -0.4 is 0 Å². The average Bonchev–Trinajstić information content (AvgIpc) is 3.07. The summed E-state index contributed by atoms with van der Waals surface area (Å²) in [6, 6.07) is 0. The van der Waals surface area contributed by atoms with Crippen LogP contribution >= 0.6 is 0 Å². The number of hydrogen-bond donors (Lipinski definition) is 1. The van der Waals surface area contributed by atoms with E-state index in [-0.39, 0.29) is 12.1 Å². The molecule has 4 heteroatoms. The predicted molar refractivity (Wildman–Crippen MR) is 209 cm³/mol. The van der Waals surface area contributed by atoms with Gasteiger partial charge in [0.25, 0.3) is 0 Å². The maximum absolute atomic E-state index is 12.7. The molecule has 0 saturated heterocycles. The van der Waals surface area contributed by atoms with Crippen LogP contribution in [0, 0.1) is 0 Å². The lowest BCUT2D eigenvalue weighted by atomic mass is 10.0. The molecule has 0 heterocycles. The van der Waals surface area contributed by atoms with Gasteiger partial charge in [-0.3, -0.25) is 9.59 Å². The first-order chi connectivity index (χ1) is 23.6. The number of carboxylic acid groups (broad SMARTS) is 1. The van der Waals surface area contributed by atoms with E-state index >= 15 is 0 Å². The summed E-state index contributed by atoms with van der Waals surface area (Å²) in [4.78, 5) is 23.4. The fourth-order valence-electron chi connectivity index (χ4n) is 6.77. The molecule has 0 fully saturated rings. The number of aliphatic carboxylic acids is 1. The normalized spacial score (nSPS) is 12.2. The SMILES string of the molecule is CCCCCCCC/C=C\CCCCCCCCCC(=O)OC(CCCCCCCCCCCCC)CCCCCCCCCC(=O)O. The van der Waals surface area contributed by atoms with Gasteiger partial charge >= 0.3 is 11.9 Å². The number of esters is 1. The van der Waals surface area contributed by atoms with Gasteiger partial charge in [0.1, 0.15) is 6.10 Å². The Kier molecular flexibility index (Phi) is 39.0. The number of ether oxygens (including phenoxy) is 1. The number of carbonyl (C=O) groups is 2. The topological polar surface area (TPSA) is 63.6 Å². The van der Waals surface area contributed by atoms with Crippen LogP contribution in [0.3, 0.4) is 0 Å². The molecular weight excluding hydrogens is 592 g/mol. The highest BCUT2D eigenvalue weighted by atomic mass is 16.5. The van der Waals surface area contributed by atoms with Gasteiger partial charge in [-0.25, -0.2) is 0 Å². The van der Waals surface area contributed by atoms with Crippen LogP contribution in [0.4, 0.5) is 0 Å². The zero-order valence-electron chi connectivity index (χ0n) is 32.6. The molecule has 1 atom stereocenters. The van der Waals surface area contributed by atoms with Crippen LogP contribution in [0.2, 0.25) is 0 Å². The Hall–Kier alpha value is -1.32. The van der Waals surface area contributed by atoms with Crippen LogP contribution in [0.5, 0.6) is 0 Å². The summed E-state index contributed by atoms with van der Waals surface area (Å²) in [7, 11) is 0. The molecule has 0 radical (unpaired) electrons. The van der Waals surface area contributed by atoms with Gasteiger partial charge in [-0.05, 0) is 64.2 Å². The monoisotopic (exact) mass is 677 g/mol. The summed E-state index contributed by atoms with van der Waals surface area (Å²) in [6.07, 6.45) is 49.5. The van der Waals surface area contributed by atoms with E-state index in [0.717, 1.165) is 51.4 Å². The number of allylic oxidation sites excluding steroid dienone is 2. The number of rotatable bonds is 40. The van der Waals surface area contributed by atoms with Gasteiger partial charge in [0, 0.05) is 12.8 Å². The van der Waals surface area contributed by atoms with Crippen molar-refractivity contribution in [1.29, 1.82) is 0 Å². The van der Waals surface area contributed by atoms with Crippen LogP contribution in [0.15, 0.2) is 12.2 Å². The second-order valence-electron chi connectivity index (χ2n) is 14.9. The van der Waals surface area contributed by atoms with Crippen molar-refractivity contribution in [3.05, 3.63) is 12.2 Å². The Labute approximate surface area is 300 Å².